The third kappa shape index (κ3) is 3.52. The molecule has 1 unspecified atom stereocenters. The van der Waals surface area contributed by atoms with Gasteiger partial charge in [-0.2, -0.15) is 0 Å². The lowest BCUT2D eigenvalue weighted by Gasteiger charge is -2.15. The number of thiazole rings is 1. The SMILES string of the molecule is O=C(Nc1cccc(-c2nccs2)c1)C1CC(=O)N(Cc2ccco2)C1. The maximum absolute atomic E-state index is 12.6. The average molecular weight is 367 g/mol. The standard InChI is InChI=1S/C19H17N3O3S/c23-17-10-14(11-22(17)12-16-5-2-7-25-16)18(24)21-15-4-1-3-13(9-15)19-20-6-8-26-19/h1-9,14H,10-12H2,(H,21,24). The van der Waals surface area contributed by atoms with Crippen LogP contribution in [0.2, 0.25) is 0 Å². The fourth-order valence-electron chi connectivity index (χ4n) is 3.03. The molecular formula is C19H17N3O3S. The van der Waals surface area contributed by atoms with E-state index in [0.29, 0.717) is 18.8 Å². The van der Waals surface area contributed by atoms with E-state index >= 15 is 0 Å². The summed E-state index contributed by atoms with van der Waals surface area (Å²) in [4.78, 5) is 30.7. The Kier molecular flexibility index (Phi) is 4.53. The van der Waals surface area contributed by atoms with Crippen LogP contribution in [0.15, 0.2) is 58.7 Å². The van der Waals surface area contributed by atoms with Crippen LogP contribution in [0.5, 0.6) is 0 Å². The van der Waals surface area contributed by atoms with Gasteiger partial charge in [-0.15, -0.1) is 11.3 Å². The molecule has 4 rings (SSSR count). The van der Waals surface area contributed by atoms with Gasteiger partial charge in [0.1, 0.15) is 10.8 Å². The molecule has 2 aromatic heterocycles. The number of hydrogen-bond acceptors (Lipinski definition) is 5. The maximum Gasteiger partial charge on any atom is 0.229 e. The van der Waals surface area contributed by atoms with Crippen molar-refractivity contribution < 1.29 is 14.0 Å². The highest BCUT2D eigenvalue weighted by molar-refractivity contribution is 7.13. The van der Waals surface area contributed by atoms with Gasteiger partial charge in [-0.3, -0.25) is 9.59 Å². The first-order valence-electron chi connectivity index (χ1n) is 8.30. The minimum Gasteiger partial charge on any atom is -0.467 e. The van der Waals surface area contributed by atoms with Crippen molar-refractivity contribution in [1.29, 1.82) is 0 Å². The topological polar surface area (TPSA) is 75.4 Å². The zero-order valence-corrected chi connectivity index (χ0v) is 14.7. The molecule has 1 aliphatic rings. The molecular weight excluding hydrogens is 350 g/mol. The van der Waals surface area contributed by atoms with Crippen molar-refractivity contribution >= 4 is 28.8 Å². The summed E-state index contributed by atoms with van der Waals surface area (Å²) < 4.78 is 5.28. The Hall–Kier alpha value is -2.93. The van der Waals surface area contributed by atoms with E-state index in [1.54, 1.807) is 34.8 Å². The van der Waals surface area contributed by atoms with Gasteiger partial charge in [0.25, 0.3) is 0 Å². The molecule has 1 aliphatic heterocycles. The second kappa shape index (κ2) is 7.13. The fourth-order valence-corrected chi connectivity index (χ4v) is 3.67. The Morgan fingerprint density at radius 2 is 2.27 bits per heavy atom. The lowest BCUT2D eigenvalue weighted by atomic mass is 10.1. The van der Waals surface area contributed by atoms with Gasteiger partial charge in [0.2, 0.25) is 11.8 Å². The first-order chi connectivity index (χ1) is 12.7. The maximum atomic E-state index is 12.6. The number of carbonyl (C=O) groups is 2. The Morgan fingerprint density at radius 3 is 3.04 bits per heavy atom. The van der Waals surface area contributed by atoms with Crippen molar-refractivity contribution in [3.05, 3.63) is 60.0 Å². The van der Waals surface area contributed by atoms with Gasteiger partial charge >= 0.3 is 0 Å². The molecule has 1 saturated heterocycles. The summed E-state index contributed by atoms with van der Waals surface area (Å²) in [5.74, 6) is 0.186. The molecule has 1 aromatic carbocycles. The molecule has 26 heavy (non-hydrogen) atoms. The van der Waals surface area contributed by atoms with Crippen LogP contribution in [0.3, 0.4) is 0 Å². The van der Waals surface area contributed by atoms with E-state index in [4.69, 9.17) is 4.42 Å². The van der Waals surface area contributed by atoms with E-state index in [1.165, 1.54) is 0 Å². The molecule has 0 radical (unpaired) electrons. The number of nitrogens with one attached hydrogen (secondary N) is 1. The van der Waals surface area contributed by atoms with E-state index < -0.39 is 0 Å². The zero-order valence-electron chi connectivity index (χ0n) is 13.9. The molecule has 6 nitrogen and oxygen atoms in total. The van der Waals surface area contributed by atoms with Gasteiger partial charge in [-0.1, -0.05) is 12.1 Å². The molecule has 3 aromatic rings. The number of likely N-dealkylation sites (tertiary alicyclic amines) is 1. The summed E-state index contributed by atoms with van der Waals surface area (Å²) in [5, 5.41) is 5.74. The average Bonchev–Trinajstić information content (AvgIpc) is 3.38. The Bertz CT molecular complexity index is 906. The third-order valence-electron chi connectivity index (χ3n) is 4.32. The van der Waals surface area contributed by atoms with Gasteiger partial charge in [0, 0.05) is 35.8 Å². The van der Waals surface area contributed by atoms with Gasteiger partial charge in [-0.05, 0) is 24.3 Å². The van der Waals surface area contributed by atoms with Gasteiger partial charge in [0.05, 0.1) is 18.7 Å². The van der Waals surface area contributed by atoms with E-state index in [9.17, 15) is 9.59 Å². The highest BCUT2D eigenvalue weighted by Gasteiger charge is 2.34. The van der Waals surface area contributed by atoms with Crippen LogP contribution in [-0.2, 0) is 16.1 Å². The number of benzene rings is 1. The molecule has 3 heterocycles. The minimum absolute atomic E-state index is 0.0295. The van der Waals surface area contributed by atoms with Gasteiger partial charge < -0.3 is 14.6 Å². The van der Waals surface area contributed by atoms with Crippen molar-refractivity contribution in [1.82, 2.24) is 9.88 Å². The lowest BCUT2D eigenvalue weighted by Crippen LogP contribution is -2.27. The molecule has 0 aliphatic carbocycles. The zero-order chi connectivity index (χ0) is 17.9. The number of hydrogen-bond donors (Lipinski definition) is 1. The molecule has 0 saturated carbocycles. The summed E-state index contributed by atoms with van der Waals surface area (Å²) in [5.41, 5.74) is 1.67. The number of amides is 2. The van der Waals surface area contributed by atoms with Gasteiger partial charge in [0.15, 0.2) is 0 Å². The first kappa shape index (κ1) is 16.5. The summed E-state index contributed by atoms with van der Waals surface area (Å²) in [6, 6.07) is 11.2. The second-order valence-corrected chi connectivity index (χ2v) is 7.06. The van der Waals surface area contributed by atoms with Crippen molar-refractivity contribution in [2.45, 2.75) is 13.0 Å². The van der Waals surface area contributed by atoms with E-state index in [-0.39, 0.29) is 24.2 Å². The number of rotatable bonds is 5. The van der Waals surface area contributed by atoms with Crippen molar-refractivity contribution in [3.8, 4) is 10.6 Å². The lowest BCUT2D eigenvalue weighted by molar-refractivity contribution is -0.128. The molecule has 1 fully saturated rings. The van der Waals surface area contributed by atoms with Crippen LogP contribution in [0.25, 0.3) is 10.6 Å². The molecule has 7 heteroatoms. The number of aromatic nitrogens is 1. The predicted molar refractivity (Wildman–Crippen MR) is 98.4 cm³/mol. The molecule has 0 spiro atoms. The fraction of sp³-hybridized carbons (Fsp3) is 0.211. The smallest absolute Gasteiger partial charge is 0.229 e. The molecule has 1 atom stereocenters. The van der Waals surface area contributed by atoms with Crippen molar-refractivity contribution in [2.75, 3.05) is 11.9 Å². The molecule has 2 amide bonds. The second-order valence-electron chi connectivity index (χ2n) is 6.16. The predicted octanol–water partition coefficient (Wildman–Crippen LogP) is 3.39. The number of carbonyl (C=O) groups excluding carboxylic acids is 2. The summed E-state index contributed by atoms with van der Waals surface area (Å²) in [6.07, 6.45) is 3.55. The normalized spacial score (nSPS) is 16.8. The van der Waals surface area contributed by atoms with Crippen molar-refractivity contribution in [2.24, 2.45) is 5.92 Å². The highest BCUT2D eigenvalue weighted by atomic mass is 32.1. The van der Waals surface area contributed by atoms with Crippen LogP contribution < -0.4 is 5.32 Å². The Labute approximate surface area is 154 Å². The van der Waals surface area contributed by atoms with Crippen LogP contribution in [0.4, 0.5) is 5.69 Å². The number of anilines is 1. The number of furan rings is 1. The largest absolute Gasteiger partial charge is 0.467 e. The number of nitrogens with zero attached hydrogens (tertiary/aromatic N) is 2. The van der Waals surface area contributed by atoms with Crippen LogP contribution in [-0.4, -0.2) is 28.2 Å². The first-order valence-corrected chi connectivity index (χ1v) is 9.18. The summed E-state index contributed by atoms with van der Waals surface area (Å²) in [6.45, 7) is 0.798. The monoisotopic (exact) mass is 367 g/mol. The van der Waals surface area contributed by atoms with Crippen LogP contribution in [0.1, 0.15) is 12.2 Å². The van der Waals surface area contributed by atoms with Crippen LogP contribution >= 0.6 is 11.3 Å². The Balaban J connectivity index is 1.41. The van der Waals surface area contributed by atoms with E-state index in [2.05, 4.69) is 10.3 Å². The summed E-state index contributed by atoms with van der Waals surface area (Å²) >= 11 is 1.55. The van der Waals surface area contributed by atoms with E-state index in [0.717, 1.165) is 16.3 Å². The minimum atomic E-state index is -0.360. The molecule has 132 valence electrons. The van der Waals surface area contributed by atoms with Crippen molar-refractivity contribution in [3.63, 3.8) is 0 Å². The quantitative estimate of drug-likeness (QED) is 0.750. The Morgan fingerprint density at radius 1 is 1.35 bits per heavy atom. The van der Waals surface area contributed by atoms with Crippen LogP contribution in [0, 0.1) is 5.92 Å². The summed E-state index contributed by atoms with van der Waals surface area (Å²) in [7, 11) is 0. The third-order valence-corrected chi connectivity index (χ3v) is 5.14. The molecule has 1 N–H and O–H groups in total. The van der Waals surface area contributed by atoms with Gasteiger partial charge in [-0.25, -0.2) is 4.98 Å². The van der Waals surface area contributed by atoms with E-state index in [1.807, 2.05) is 35.7 Å². The highest BCUT2D eigenvalue weighted by Crippen LogP contribution is 2.26. The molecule has 0 bridgehead atoms.